The second-order valence-corrected chi connectivity index (χ2v) is 7.47. The van der Waals surface area contributed by atoms with Crippen LogP contribution in [0.15, 0.2) is 24.3 Å². The number of piperidine rings is 1. The summed E-state index contributed by atoms with van der Waals surface area (Å²) in [5, 5.41) is 9.90. The summed E-state index contributed by atoms with van der Waals surface area (Å²) in [4.78, 5) is 17.2. The minimum absolute atomic E-state index is 0.0721. The predicted octanol–water partition coefficient (Wildman–Crippen LogP) is 2.54. The molecule has 2 fully saturated rings. The summed E-state index contributed by atoms with van der Waals surface area (Å²) < 4.78 is 5.19. The van der Waals surface area contributed by atoms with E-state index in [1.54, 1.807) is 7.11 Å². The predicted molar refractivity (Wildman–Crippen MR) is 99.0 cm³/mol. The number of carbonyl (C=O) groups is 1. The van der Waals surface area contributed by atoms with Crippen molar-refractivity contribution in [2.75, 3.05) is 51.4 Å². The van der Waals surface area contributed by atoms with Crippen LogP contribution in [0, 0.1) is 5.41 Å². The van der Waals surface area contributed by atoms with E-state index in [1.165, 1.54) is 18.5 Å². The molecule has 0 bridgehead atoms. The van der Waals surface area contributed by atoms with Crippen LogP contribution in [0.2, 0.25) is 0 Å². The van der Waals surface area contributed by atoms with Crippen LogP contribution in [-0.4, -0.2) is 62.4 Å². The Kier molecular flexibility index (Phi) is 5.97. The van der Waals surface area contributed by atoms with Gasteiger partial charge in [-0.25, -0.2) is 0 Å². The number of methoxy groups -OCH3 is 1. The van der Waals surface area contributed by atoms with Gasteiger partial charge in [-0.3, -0.25) is 4.79 Å². The fourth-order valence-corrected chi connectivity index (χ4v) is 4.08. The Morgan fingerprint density at radius 2 is 1.88 bits per heavy atom. The topological polar surface area (TPSA) is 53.0 Å². The maximum absolute atomic E-state index is 12.9. The van der Waals surface area contributed by atoms with E-state index in [0.29, 0.717) is 13.2 Å². The third-order valence-electron chi connectivity index (χ3n) is 5.71. The van der Waals surface area contributed by atoms with E-state index in [2.05, 4.69) is 17.0 Å². The zero-order valence-corrected chi connectivity index (χ0v) is 15.2. The molecule has 1 N–H and O–H groups in total. The third kappa shape index (κ3) is 4.15. The van der Waals surface area contributed by atoms with Gasteiger partial charge in [0.15, 0.2) is 0 Å². The molecule has 25 heavy (non-hydrogen) atoms. The molecule has 0 radical (unpaired) electrons. The van der Waals surface area contributed by atoms with Gasteiger partial charge in [-0.1, -0.05) is 0 Å². The van der Waals surface area contributed by atoms with Crippen molar-refractivity contribution >= 4 is 11.6 Å². The van der Waals surface area contributed by atoms with Crippen LogP contribution in [0.3, 0.4) is 0 Å². The van der Waals surface area contributed by atoms with Gasteiger partial charge >= 0.3 is 0 Å². The molecule has 1 aromatic carbocycles. The lowest BCUT2D eigenvalue weighted by Gasteiger charge is -2.42. The van der Waals surface area contributed by atoms with Gasteiger partial charge in [0, 0.05) is 56.6 Å². The molecule has 1 atom stereocenters. The standard InChI is InChI=1S/C20H30N2O3/c1-25-14-10-20(16-23)9-4-13-22(15-20)19(24)17-5-7-18(8-6-17)21-11-2-3-12-21/h5-8,23H,2-4,9-16H2,1H3/t20-/m0/s1. The molecule has 2 heterocycles. The third-order valence-corrected chi connectivity index (χ3v) is 5.71. The van der Waals surface area contributed by atoms with Crippen molar-refractivity contribution in [3.8, 4) is 0 Å². The molecule has 138 valence electrons. The molecule has 5 nitrogen and oxygen atoms in total. The number of hydrogen-bond acceptors (Lipinski definition) is 4. The lowest BCUT2D eigenvalue weighted by Crippen LogP contribution is -2.48. The summed E-state index contributed by atoms with van der Waals surface area (Å²) in [5.41, 5.74) is 1.72. The summed E-state index contributed by atoms with van der Waals surface area (Å²) in [5.74, 6) is 0.0721. The highest BCUT2D eigenvalue weighted by Crippen LogP contribution is 2.34. The van der Waals surface area contributed by atoms with Gasteiger partial charge in [0.2, 0.25) is 0 Å². The zero-order chi connectivity index (χ0) is 17.7. The molecule has 1 aromatic rings. The number of likely N-dealkylation sites (tertiary alicyclic amines) is 1. The summed E-state index contributed by atoms with van der Waals surface area (Å²) in [7, 11) is 1.68. The van der Waals surface area contributed by atoms with Crippen LogP contribution in [0.4, 0.5) is 5.69 Å². The maximum atomic E-state index is 12.9. The molecular formula is C20H30N2O3. The minimum atomic E-state index is -0.223. The molecule has 0 aromatic heterocycles. The van der Waals surface area contributed by atoms with E-state index >= 15 is 0 Å². The first kappa shape index (κ1) is 18.2. The SMILES string of the molecule is COCC[C@@]1(CO)CCCN(C(=O)c2ccc(N3CCCC3)cc2)C1. The Morgan fingerprint density at radius 3 is 2.52 bits per heavy atom. The fourth-order valence-electron chi connectivity index (χ4n) is 4.08. The van der Waals surface area contributed by atoms with Crippen LogP contribution in [0.1, 0.15) is 42.5 Å². The molecule has 3 rings (SSSR count). The Hall–Kier alpha value is -1.59. The average Bonchev–Trinajstić information content (AvgIpc) is 3.21. The van der Waals surface area contributed by atoms with Crippen molar-refractivity contribution in [2.24, 2.45) is 5.41 Å². The number of hydrogen-bond donors (Lipinski definition) is 1. The van der Waals surface area contributed by atoms with Gasteiger partial charge in [0.1, 0.15) is 0 Å². The van der Waals surface area contributed by atoms with E-state index in [9.17, 15) is 9.90 Å². The highest BCUT2D eigenvalue weighted by Gasteiger charge is 2.36. The number of rotatable bonds is 6. The largest absolute Gasteiger partial charge is 0.396 e. The molecule has 0 aliphatic carbocycles. The Morgan fingerprint density at radius 1 is 1.16 bits per heavy atom. The van der Waals surface area contributed by atoms with Crippen molar-refractivity contribution in [3.05, 3.63) is 29.8 Å². The number of ether oxygens (including phenoxy) is 1. The van der Waals surface area contributed by atoms with Crippen LogP contribution in [-0.2, 0) is 4.74 Å². The smallest absolute Gasteiger partial charge is 0.253 e. The van der Waals surface area contributed by atoms with Gasteiger partial charge in [-0.2, -0.15) is 0 Å². The zero-order valence-electron chi connectivity index (χ0n) is 15.2. The molecule has 0 unspecified atom stereocenters. The van der Waals surface area contributed by atoms with Gasteiger partial charge < -0.3 is 19.6 Å². The normalized spacial score (nSPS) is 23.9. The van der Waals surface area contributed by atoms with Crippen molar-refractivity contribution in [2.45, 2.75) is 32.1 Å². The van der Waals surface area contributed by atoms with E-state index in [-0.39, 0.29) is 17.9 Å². The molecule has 2 aliphatic rings. The number of aliphatic hydroxyl groups excluding tert-OH is 1. The quantitative estimate of drug-likeness (QED) is 0.860. The highest BCUT2D eigenvalue weighted by molar-refractivity contribution is 5.94. The number of anilines is 1. The molecule has 2 aliphatic heterocycles. The summed E-state index contributed by atoms with van der Waals surface area (Å²) in [6.07, 6.45) is 5.17. The average molecular weight is 346 g/mol. The van der Waals surface area contributed by atoms with Gasteiger partial charge in [-0.05, 0) is 56.4 Å². The van der Waals surface area contributed by atoms with Crippen LogP contribution >= 0.6 is 0 Å². The van der Waals surface area contributed by atoms with Crippen molar-refractivity contribution in [1.82, 2.24) is 4.90 Å². The van der Waals surface area contributed by atoms with Crippen LogP contribution in [0.25, 0.3) is 0 Å². The lowest BCUT2D eigenvalue weighted by atomic mass is 9.78. The van der Waals surface area contributed by atoms with Crippen LogP contribution < -0.4 is 4.90 Å². The first-order valence-electron chi connectivity index (χ1n) is 9.41. The van der Waals surface area contributed by atoms with Crippen molar-refractivity contribution < 1.29 is 14.6 Å². The molecule has 0 spiro atoms. The molecule has 2 saturated heterocycles. The monoisotopic (exact) mass is 346 g/mol. The Balaban J connectivity index is 1.67. The number of benzene rings is 1. The fraction of sp³-hybridized carbons (Fsp3) is 0.650. The van der Waals surface area contributed by atoms with E-state index < -0.39 is 0 Å². The van der Waals surface area contributed by atoms with Crippen molar-refractivity contribution in [1.29, 1.82) is 0 Å². The van der Waals surface area contributed by atoms with E-state index in [0.717, 1.165) is 44.5 Å². The van der Waals surface area contributed by atoms with Crippen LogP contribution in [0.5, 0.6) is 0 Å². The van der Waals surface area contributed by atoms with E-state index in [1.807, 2.05) is 17.0 Å². The molecule has 0 saturated carbocycles. The first-order valence-corrected chi connectivity index (χ1v) is 9.41. The first-order chi connectivity index (χ1) is 12.2. The number of nitrogens with zero attached hydrogens (tertiary/aromatic N) is 2. The van der Waals surface area contributed by atoms with Crippen molar-refractivity contribution in [3.63, 3.8) is 0 Å². The maximum Gasteiger partial charge on any atom is 0.253 e. The summed E-state index contributed by atoms with van der Waals surface area (Å²) in [6, 6.07) is 8.01. The second-order valence-electron chi connectivity index (χ2n) is 7.47. The lowest BCUT2D eigenvalue weighted by molar-refractivity contribution is 0.00898. The minimum Gasteiger partial charge on any atom is -0.396 e. The highest BCUT2D eigenvalue weighted by atomic mass is 16.5. The molecular weight excluding hydrogens is 316 g/mol. The Bertz CT molecular complexity index is 569. The van der Waals surface area contributed by atoms with Gasteiger partial charge in [-0.15, -0.1) is 0 Å². The molecule has 1 amide bonds. The summed E-state index contributed by atoms with van der Waals surface area (Å²) >= 11 is 0. The van der Waals surface area contributed by atoms with Gasteiger partial charge in [0.05, 0.1) is 6.61 Å². The second kappa shape index (κ2) is 8.19. The number of aliphatic hydroxyl groups is 1. The summed E-state index contributed by atoms with van der Waals surface area (Å²) in [6.45, 7) is 4.32. The molecule has 5 heteroatoms. The van der Waals surface area contributed by atoms with Gasteiger partial charge in [0.25, 0.3) is 5.91 Å². The van der Waals surface area contributed by atoms with E-state index in [4.69, 9.17) is 4.74 Å². The number of carbonyl (C=O) groups excluding carboxylic acids is 1. The Labute approximate surface area is 150 Å². The number of amides is 1.